The standard InChI is InChI=1S/C11H16N2O2/c1-2-14-9-3-4-13-11(7-9)15-10-5-8(12)6-10/h3-4,7-8,10H,2,5-6,12H2,1H3/t8-,10+. The molecule has 15 heavy (non-hydrogen) atoms. The lowest BCUT2D eigenvalue weighted by Crippen LogP contribution is -2.43. The minimum Gasteiger partial charge on any atom is -0.494 e. The summed E-state index contributed by atoms with van der Waals surface area (Å²) in [6, 6.07) is 3.93. The predicted octanol–water partition coefficient (Wildman–Crippen LogP) is 1.35. The molecular formula is C11H16N2O2. The lowest BCUT2D eigenvalue weighted by molar-refractivity contribution is 0.0954. The zero-order valence-corrected chi connectivity index (χ0v) is 8.85. The molecule has 1 fully saturated rings. The molecule has 1 aromatic heterocycles. The largest absolute Gasteiger partial charge is 0.494 e. The van der Waals surface area contributed by atoms with Crippen molar-refractivity contribution in [2.75, 3.05) is 6.61 Å². The first-order valence-corrected chi connectivity index (χ1v) is 5.29. The summed E-state index contributed by atoms with van der Waals surface area (Å²) >= 11 is 0. The van der Waals surface area contributed by atoms with E-state index in [-0.39, 0.29) is 6.10 Å². The van der Waals surface area contributed by atoms with Crippen LogP contribution < -0.4 is 15.2 Å². The number of hydrogen-bond donors (Lipinski definition) is 1. The van der Waals surface area contributed by atoms with Gasteiger partial charge in [0.25, 0.3) is 0 Å². The Kier molecular flexibility index (Phi) is 3.06. The van der Waals surface area contributed by atoms with Crippen LogP contribution in [0.15, 0.2) is 18.3 Å². The van der Waals surface area contributed by atoms with Crippen LogP contribution in [0.25, 0.3) is 0 Å². The zero-order valence-electron chi connectivity index (χ0n) is 8.85. The van der Waals surface area contributed by atoms with E-state index < -0.39 is 0 Å². The van der Waals surface area contributed by atoms with Gasteiger partial charge < -0.3 is 15.2 Å². The summed E-state index contributed by atoms with van der Waals surface area (Å²) < 4.78 is 11.0. The van der Waals surface area contributed by atoms with Gasteiger partial charge in [0.2, 0.25) is 5.88 Å². The van der Waals surface area contributed by atoms with E-state index in [1.807, 2.05) is 19.1 Å². The number of nitrogens with zero attached hydrogens (tertiary/aromatic N) is 1. The van der Waals surface area contributed by atoms with Crippen LogP contribution >= 0.6 is 0 Å². The highest BCUT2D eigenvalue weighted by Gasteiger charge is 2.27. The van der Waals surface area contributed by atoms with Crippen LogP contribution in [-0.4, -0.2) is 23.7 Å². The lowest BCUT2D eigenvalue weighted by atomic mass is 9.90. The Morgan fingerprint density at radius 3 is 3.00 bits per heavy atom. The van der Waals surface area contributed by atoms with Crippen LogP contribution in [0.3, 0.4) is 0 Å². The molecule has 82 valence electrons. The molecule has 4 heteroatoms. The highest BCUT2D eigenvalue weighted by Crippen LogP contribution is 2.25. The summed E-state index contributed by atoms with van der Waals surface area (Å²) in [5.41, 5.74) is 5.68. The second kappa shape index (κ2) is 4.49. The molecule has 1 aromatic rings. The van der Waals surface area contributed by atoms with Crippen molar-refractivity contribution in [1.29, 1.82) is 0 Å². The van der Waals surface area contributed by atoms with E-state index in [0.29, 0.717) is 18.5 Å². The summed E-state index contributed by atoms with van der Waals surface area (Å²) in [6.45, 7) is 2.60. The van der Waals surface area contributed by atoms with Crippen molar-refractivity contribution in [3.05, 3.63) is 18.3 Å². The van der Waals surface area contributed by atoms with Crippen molar-refractivity contribution in [3.63, 3.8) is 0 Å². The van der Waals surface area contributed by atoms with Crippen LogP contribution in [0, 0.1) is 0 Å². The molecular weight excluding hydrogens is 192 g/mol. The lowest BCUT2D eigenvalue weighted by Gasteiger charge is -2.32. The van der Waals surface area contributed by atoms with Gasteiger partial charge in [-0.05, 0) is 25.8 Å². The van der Waals surface area contributed by atoms with E-state index in [1.54, 1.807) is 6.20 Å². The van der Waals surface area contributed by atoms with Gasteiger partial charge in [-0.1, -0.05) is 0 Å². The van der Waals surface area contributed by atoms with Crippen molar-refractivity contribution in [2.24, 2.45) is 5.73 Å². The molecule has 0 saturated heterocycles. The number of nitrogens with two attached hydrogens (primary N) is 1. The molecule has 0 spiro atoms. The van der Waals surface area contributed by atoms with Crippen molar-refractivity contribution in [1.82, 2.24) is 4.98 Å². The summed E-state index contributed by atoms with van der Waals surface area (Å²) in [5, 5.41) is 0. The van der Waals surface area contributed by atoms with E-state index in [9.17, 15) is 0 Å². The molecule has 2 N–H and O–H groups in total. The van der Waals surface area contributed by atoms with Gasteiger partial charge in [-0.3, -0.25) is 0 Å². The van der Waals surface area contributed by atoms with E-state index in [2.05, 4.69) is 4.98 Å². The van der Waals surface area contributed by atoms with Crippen molar-refractivity contribution in [2.45, 2.75) is 31.9 Å². The van der Waals surface area contributed by atoms with Crippen molar-refractivity contribution >= 4 is 0 Å². The van der Waals surface area contributed by atoms with Crippen LogP contribution in [0.1, 0.15) is 19.8 Å². The maximum Gasteiger partial charge on any atom is 0.217 e. The summed E-state index contributed by atoms with van der Waals surface area (Å²) in [6.07, 6.45) is 3.75. The van der Waals surface area contributed by atoms with Crippen LogP contribution in [0.5, 0.6) is 11.6 Å². The first-order chi connectivity index (χ1) is 7.28. The number of pyridine rings is 1. The maximum absolute atomic E-state index is 5.68. The summed E-state index contributed by atoms with van der Waals surface area (Å²) in [5.74, 6) is 1.42. The smallest absolute Gasteiger partial charge is 0.217 e. The molecule has 0 bridgehead atoms. The van der Waals surface area contributed by atoms with E-state index in [1.165, 1.54) is 0 Å². The summed E-state index contributed by atoms with van der Waals surface area (Å²) in [4.78, 5) is 4.13. The molecule has 1 saturated carbocycles. The van der Waals surface area contributed by atoms with Gasteiger partial charge in [0, 0.05) is 18.3 Å². The minimum absolute atomic E-state index is 0.226. The number of aromatic nitrogens is 1. The monoisotopic (exact) mass is 208 g/mol. The maximum atomic E-state index is 5.68. The van der Waals surface area contributed by atoms with Gasteiger partial charge in [-0.2, -0.15) is 0 Å². The van der Waals surface area contributed by atoms with E-state index >= 15 is 0 Å². The molecule has 1 heterocycles. The Bertz CT molecular complexity index is 324. The molecule has 0 atom stereocenters. The Morgan fingerprint density at radius 1 is 1.53 bits per heavy atom. The highest BCUT2D eigenvalue weighted by molar-refractivity contribution is 5.26. The van der Waals surface area contributed by atoms with Crippen molar-refractivity contribution in [3.8, 4) is 11.6 Å². The van der Waals surface area contributed by atoms with Crippen LogP contribution in [0.2, 0.25) is 0 Å². The van der Waals surface area contributed by atoms with E-state index in [0.717, 1.165) is 18.6 Å². The Morgan fingerprint density at radius 2 is 2.33 bits per heavy atom. The third-order valence-corrected chi connectivity index (χ3v) is 2.44. The molecule has 0 amide bonds. The normalized spacial score (nSPS) is 24.4. The quantitative estimate of drug-likeness (QED) is 0.811. The Balaban J connectivity index is 1.93. The molecule has 0 unspecified atom stereocenters. The average molecular weight is 208 g/mol. The minimum atomic E-state index is 0.226. The summed E-state index contributed by atoms with van der Waals surface area (Å²) in [7, 11) is 0. The number of rotatable bonds is 4. The highest BCUT2D eigenvalue weighted by atomic mass is 16.5. The Hall–Kier alpha value is -1.29. The zero-order chi connectivity index (χ0) is 10.7. The third-order valence-electron chi connectivity index (χ3n) is 2.44. The van der Waals surface area contributed by atoms with Gasteiger partial charge >= 0.3 is 0 Å². The topological polar surface area (TPSA) is 57.4 Å². The average Bonchev–Trinajstić information content (AvgIpc) is 2.17. The fourth-order valence-electron chi connectivity index (χ4n) is 1.59. The molecule has 2 rings (SSSR count). The van der Waals surface area contributed by atoms with E-state index in [4.69, 9.17) is 15.2 Å². The second-order valence-corrected chi connectivity index (χ2v) is 3.73. The van der Waals surface area contributed by atoms with Gasteiger partial charge in [0.05, 0.1) is 6.61 Å². The second-order valence-electron chi connectivity index (χ2n) is 3.73. The van der Waals surface area contributed by atoms with Crippen LogP contribution in [-0.2, 0) is 0 Å². The van der Waals surface area contributed by atoms with Gasteiger partial charge in [0.1, 0.15) is 11.9 Å². The first kappa shape index (κ1) is 10.2. The van der Waals surface area contributed by atoms with Crippen molar-refractivity contribution < 1.29 is 9.47 Å². The molecule has 4 nitrogen and oxygen atoms in total. The van der Waals surface area contributed by atoms with Gasteiger partial charge in [-0.15, -0.1) is 0 Å². The molecule has 1 aliphatic rings. The molecule has 0 radical (unpaired) electrons. The molecule has 0 aromatic carbocycles. The van der Waals surface area contributed by atoms with Crippen LogP contribution in [0.4, 0.5) is 0 Å². The SMILES string of the molecule is CCOc1ccnc(O[C@H]2C[C@@H](N)C2)c1. The fraction of sp³-hybridized carbons (Fsp3) is 0.545. The molecule has 1 aliphatic carbocycles. The number of hydrogen-bond acceptors (Lipinski definition) is 4. The van der Waals surface area contributed by atoms with Gasteiger partial charge in [0.15, 0.2) is 0 Å². The first-order valence-electron chi connectivity index (χ1n) is 5.29. The van der Waals surface area contributed by atoms with Gasteiger partial charge in [-0.25, -0.2) is 4.98 Å². The number of ether oxygens (including phenoxy) is 2. The Labute approximate surface area is 89.4 Å². The fourth-order valence-corrected chi connectivity index (χ4v) is 1.59. The molecule has 0 aliphatic heterocycles. The third kappa shape index (κ3) is 2.59. The predicted molar refractivity (Wildman–Crippen MR) is 57.0 cm³/mol.